The maximum atomic E-state index is 14.2. The summed E-state index contributed by atoms with van der Waals surface area (Å²) in [5, 5.41) is 0. The molecule has 1 saturated heterocycles. The number of benzene rings is 3. The van der Waals surface area contributed by atoms with Gasteiger partial charge in [0.25, 0.3) is 0 Å². The van der Waals surface area contributed by atoms with Crippen LogP contribution in [0.15, 0.2) is 71.6 Å². The first-order valence-corrected chi connectivity index (χ1v) is 14.7. The second kappa shape index (κ2) is 12.9. The van der Waals surface area contributed by atoms with Crippen LogP contribution >= 0.6 is 0 Å². The third-order valence-corrected chi connectivity index (χ3v) is 9.95. The Bertz CT molecular complexity index is 1420. The summed E-state index contributed by atoms with van der Waals surface area (Å²) in [7, 11) is -2.41. The van der Waals surface area contributed by atoms with Gasteiger partial charge in [0.2, 0.25) is 5.91 Å². The number of primary amides is 1. The van der Waals surface area contributed by atoms with Gasteiger partial charge >= 0.3 is 0 Å². The van der Waals surface area contributed by atoms with Crippen molar-refractivity contribution in [2.24, 2.45) is 5.73 Å². The SMILES string of the molecule is COCCN1CCC(C(N)=O)(S(=O)(=O)c2ccc(OCCCc3cccc(-c4ccc(F)cc4F)c3)cc2)CC1. The number of halogens is 2. The normalized spacial score (nSPS) is 15.6. The van der Waals surface area contributed by atoms with Crippen molar-refractivity contribution in [3.63, 3.8) is 0 Å². The Hall–Kier alpha value is -3.34. The van der Waals surface area contributed by atoms with Gasteiger partial charge in [-0.05, 0) is 73.2 Å². The quantitative estimate of drug-likeness (QED) is 0.324. The van der Waals surface area contributed by atoms with Gasteiger partial charge in [0.15, 0.2) is 14.6 Å². The van der Waals surface area contributed by atoms with Crippen molar-refractivity contribution in [1.29, 1.82) is 0 Å². The van der Waals surface area contributed by atoms with E-state index in [1.807, 2.05) is 18.2 Å². The molecule has 4 rings (SSSR count). The van der Waals surface area contributed by atoms with E-state index in [2.05, 4.69) is 4.90 Å². The van der Waals surface area contributed by atoms with Crippen LogP contribution in [0.1, 0.15) is 24.8 Å². The van der Waals surface area contributed by atoms with Crippen molar-refractivity contribution in [3.05, 3.63) is 83.9 Å². The highest BCUT2D eigenvalue weighted by Gasteiger charge is 2.51. The third-order valence-electron chi connectivity index (χ3n) is 7.42. The Kier molecular flexibility index (Phi) is 9.55. The molecule has 1 aliphatic rings. The molecule has 1 heterocycles. The standard InChI is InChI=1S/C30H34F2N2O5S/c1-38-19-17-34-15-13-30(14-16-34,29(33)35)40(36,37)26-10-8-25(9-11-26)39-18-3-5-22-4-2-6-23(20-22)27-12-7-24(31)21-28(27)32/h2,4,6-12,20-21H,3,5,13-19H2,1H3,(H2,33,35). The van der Waals surface area contributed by atoms with Gasteiger partial charge in [-0.1, -0.05) is 24.3 Å². The van der Waals surface area contributed by atoms with Crippen molar-refractivity contribution in [2.75, 3.05) is 40.0 Å². The summed E-state index contributed by atoms with van der Waals surface area (Å²) in [6, 6.07) is 17.0. The van der Waals surface area contributed by atoms with E-state index in [0.29, 0.717) is 62.6 Å². The predicted octanol–water partition coefficient (Wildman–Crippen LogP) is 4.38. The number of hydrogen-bond acceptors (Lipinski definition) is 6. The number of aryl methyl sites for hydroxylation is 1. The highest BCUT2D eigenvalue weighted by molar-refractivity contribution is 7.93. The van der Waals surface area contributed by atoms with E-state index in [9.17, 15) is 22.0 Å². The second-order valence-corrected chi connectivity index (χ2v) is 12.2. The van der Waals surface area contributed by atoms with Crippen LogP contribution in [0.4, 0.5) is 8.78 Å². The van der Waals surface area contributed by atoms with Crippen molar-refractivity contribution in [3.8, 4) is 16.9 Å². The number of sulfone groups is 1. The van der Waals surface area contributed by atoms with Crippen LogP contribution in [0.2, 0.25) is 0 Å². The summed E-state index contributed by atoms with van der Waals surface area (Å²) < 4.78 is 63.7. The third kappa shape index (κ3) is 6.51. The molecule has 0 aliphatic carbocycles. The van der Waals surface area contributed by atoms with Gasteiger partial charge < -0.3 is 20.1 Å². The minimum absolute atomic E-state index is 0.0360. The topological polar surface area (TPSA) is 98.9 Å². The maximum Gasteiger partial charge on any atom is 0.239 e. The predicted molar refractivity (Wildman–Crippen MR) is 149 cm³/mol. The number of rotatable bonds is 12. The summed E-state index contributed by atoms with van der Waals surface area (Å²) in [6.07, 6.45) is 1.59. The molecule has 0 radical (unpaired) electrons. The smallest absolute Gasteiger partial charge is 0.239 e. The average molecular weight is 573 g/mol. The molecule has 214 valence electrons. The molecule has 7 nitrogen and oxygen atoms in total. The number of nitrogens with zero attached hydrogens (tertiary/aromatic N) is 1. The summed E-state index contributed by atoms with van der Waals surface area (Å²) in [6.45, 7) is 2.45. The van der Waals surface area contributed by atoms with E-state index in [1.165, 1.54) is 24.3 Å². The van der Waals surface area contributed by atoms with E-state index in [-0.39, 0.29) is 17.7 Å². The van der Waals surface area contributed by atoms with E-state index in [4.69, 9.17) is 15.2 Å². The zero-order valence-corrected chi connectivity index (χ0v) is 23.3. The van der Waals surface area contributed by atoms with Crippen molar-refractivity contribution in [2.45, 2.75) is 35.3 Å². The lowest BCUT2D eigenvalue weighted by molar-refractivity contribution is -0.121. The molecule has 2 N–H and O–H groups in total. The summed E-state index contributed by atoms with van der Waals surface area (Å²) in [5.74, 6) is -1.55. The van der Waals surface area contributed by atoms with Gasteiger partial charge in [0, 0.05) is 38.4 Å². The first-order chi connectivity index (χ1) is 19.2. The van der Waals surface area contributed by atoms with Crippen molar-refractivity contribution in [1.82, 2.24) is 4.90 Å². The molecule has 3 aromatic rings. The monoisotopic (exact) mass is 572 g/mol. The Labute approximate surface area is 233 Å². The minimum atomic E-state index is -4.01. The number of carbonyl (C=O) groups is 1. The zero-order chi connectivity index (χ0) is 28.8. The van der Waals surface area contributed by atoms with Crippen LogP contribution in [-0.4, -0.2) is 63.9 Å². The molecule has 0 spiro atoms. The molecule has 0 saturated carbocycles. The van der Waals surface area contributed by atoms with E-state index in [1.54, 1.807) is 25.3 Å². The number of ether oxygens (including phenoxy) is 2. The maximum absolute atomic E-state index is 14.2. The molecule has 1 amide bonds. The molecule has 1 aliphatic heterocycles. The molecule has 0 aromatic heterocycles. The molecule has 1 fully saturated rings. The highest BCUT2D eigenvalue weighted by atomic mass is 32.2. The van der Waals surface area contributed by atoms with E-state index in [0.717, 1.165) is 11.6 Å². The van der Waals surface area contributed by atoms with Gasteiger partial charge in [0.05, 0.1) is 18.1 Å². The molecule has 0 unspecified atom stereocenters. The van der Waals surface area contributed by atoms with Gasteiger partial charge in [-0.3, -0.25) is 4.79 Å². The Morgan fingerprint density at radius 1 is 1.00 bits per heavy atom. The fourth-order valence-corrected chi connectivity index (χ4v) is 6.96. The second-order valence-electron chi connectivity index (χ2n) is 9.94. The van der Waals surface area contributed by atoms with E-state index < -0.39 is 32.1 Å². The number of methoxy groups -OCH3 is 1. The fourth-order valence-electron chi connectivity index (χ4n) is 5.03. The summed E-state index contributed by atoms with van der Waals surface area (Å²) in [4.78, 5) is 14.5. The van der Waals surface area contributed by atoms with Crippen LogP contribution in [0.25, 0.3) is 11.1 Å². The summed E-state index contributed by atoms with van der Waals surface area (Å²) >= 11 is 0. The van der Waals surface area contributed by atoms with Gasteiger partial charge in [-0.25, -0.2) is 17.2 Å². The average Bonchev–Trinajstić information content (AvgIpc) is 2.94. The van der Waals surface area contributed by atoms with Crippen molar-refractivity contribution < 1.29 is 31.5 Å². The number of nitrogens with two attached hydrogens (primary N) is 1. The largest absolute Gasteiger partial charge is 0.494 e. The van der Waals surface area contributed by atoms with Gasteiger partial charge in [-0.2, -0.15) is 0 Å². The molecule has 0 bridgehead atoms. The Morgan fingerprint density at radius 3 is 2.38 bits per heavy atom. The first-order valence-electron chi connectivity index (χ1n) is 13.2. The van der Waals surface area contributed by atoms with Gasteiger partial charge in [-0.15, -0.1) is 0 Å². The number of hydrogen-bond donors (Lipinski definition) is 1. The number of likely N-dealkylation sites (tertiary alicyclic amines) is 1. The highest BCUT2D eigenvalue weighted by Crippen LogP contribution is 2.36. The van der Waals surface area contributed by atoms with Crippen LogP contribution in [-0.2, 0) is 25.8 Å². The van der Waals surface area contributed by atoms with Crippen molar-refractivity contribution >= 4 is 15.7 Å². The van der Waals surface area contributed by atoms with Crippen LogP contribution in [0.5, 0.6) is 5.75 Å². The van der Waals surface area contributed by atoms with Crippen LogP contribution in [0.3, 0.4) is 0 Å². The summed E-state index contributed by atoms with van der Waals surface area (Å²) in [5.41, 5.74) is 7.65. The molecule has 0 atom stereocenters. The first kappa shape index (κ1) is 29.6. The molecular weight excluding hydrogens is 538 g/mol. The zero-order valence-electron chi connectivity index (χ0n) is 22.4. The van der Waals surface area contributed by atoms with Crippen LogP contribution < -0.4 is 10.5 Å². The van der Waals surface area contributed by atoms with E-state index >= 15 is 0 Å². The number of carbonyl (C=O) groups excluding carboxylic acids is 1. The van der Waals surface area contributed by atoms with Crippen LogP contribution in [0, 0.1) is 11.6 Å². The minimum Gasteiger partial charge on any atom is -0.494 e. The molecule has 3 aromatic carbocycles. The number of amides is 1. The molecule has 40 heavy (non-hydrogen) atoms. The lowest BCUT2D eigenvalue weighted by atomic mass is 9.95. The Balaban J connectivity index is 1.34. The number of piperidine rings is 1. The lowest BCUT2D eigenvalue weighted by Gasteiger charge is -2.38. The molecule has 10 heteroatoms. The Morgan fingerprint density at radius 2 is 1.73 bits per heavy atom. The fraction of sp³-hybridized carbons (Fsp3) is 0.367. The van der Waals surface area contributed by atoms with Gasteiger partial charge in [0.1, 0.15) is 17.4 Å². The lowest BCUT2D eigenvalue weighted by Crippen LogP contribution is -2.57. The molecular formula is C30H34F2N2O5S.